The summed E-state index contributed by atoms with van der Waals surface area (Å²) in [4.78, 5) is 15.7. The molecule has 0 bridgehead atoms. The minimum absolute atomic E-state index is 0.500. The van der Waals surface area contributed by atoms with Gasteiger partial charge in [-0.1, -0.05) is 11.6 Å². The van der Waals surface area contributed by atoms with Crippen molar-refractivity contribution in [1.82, 2.24) is 4.98 Å². The number of fused-ring (bicyclic) bond motifs is 1. The molecule has 1 atom stereocenters. The van der Waals surface area contributed by atoms with Crippen LogP contribution in [0.4, 0.5) is 5.69 Å². The van der Waals surface area contributed by atoms with E-state index in [1.54, 1.807) is 24.4 Å². The van der Waals surface area contributed by atoms with Crippen LogP contribution in [0, 0.1) is 0 Å². The quantitative estimate of drug-likeness (QED) is 0.833. The van der Waals surface area contributed by atoms with Gasteiger partial charge in [-0.3, -0.25) is 9.78 Å². The second kappa shape index (κ2) is 5.37. The number of carbonyl (C=O) groups is 1. The number of hydrogen-bond donors (Lipinski definition) is 2. The summed E-state index contributed by atoms with van der Waals surface area (Å²) in [7, 11) is 0. The fourth-order valence-corrected chi connectivity index (χ4v) is 3.01. The average Bonchev–Trinajstić information content (AvgIpc) is 2.48. The molecule has 0 amide bonds. The van der Waals surface area contributed by atoms with Gasteiger partial charge in [0.2, 0.25) is 0 Å². The number of nitrogen functional groups attached to an aromatic ring is 1. The Morgan fingerprint density at radius 3 is 2.95 bits per heavy atom. The second-order valence-corrected chi connectivity index (χ2v) is 5.72. The summed E-state index contributed by atoms with van der Waals surface area (Å²) in [5, 5.41) is 9.89. The van der Waals surface area contributed by atoms with Gasteiger partial charge in [0.1, 0.15) is 0 Å². The van der Waals surface area contributed by atoms with Gasteiger partial charge < -0.3 is 10.8 Å². The molecule has 0 aliphatic heterocycles. The maximum absolute atomic E-state index is 11.3. The van der Waals surface area contributed by atoms with Crippen LogP contribution < -0.4 is 5.73 Å². The molecule has 0 saturated carbocycles. The molecule has 1 unspecified atom stereocenters. The number of aromatic nitrogens is 1. The predicted molar refractivity (Wildman–Crippen MR) is 82.4 cm³/mol. The van der Waals surface area contributed by atoms with E-state index in [9.17, 15) is 9.90 Å². The number of aryl methyl sites for hydroxylation is 1. The normalized spacial score (nSPS) is 17.3. The SMILES string of the molecule is Nc1ccc(Cl)cc1-c1cnc2c(c1)CCCC2C(=O)O. The van der Waals surface area contributed by atoms with E-state index in [1.165, 1.54) is 0 Å². The molecule has 1 aromatic carbocycles. The fraction of sp³-hybridized carbons (Fsp3) is 0.250. The summed E-state index contributed by atoms with van der Waals surface area (Å²) in [5.41, 5.74) is 10.00. The van der Waals surface area contributed by atoms with Gasteiger partial charge in [-0.15, -0.1) is 0 Å². The molecular weight excluding hydrogens is 288 g/mol. The third-order valence-corrected chi connectivity index (χ3v) is 4.13. The summed E-state index contributed by atoms with van der Waals surface area (Å²) < 4.78 is 0. The lowest BCUT2D eigenvalue weighted by Crippen LogP contribution is -2.19. The lowest BCUT2D eigenvalue weighted by atomic mass is 9.85. The fourth-order valence-electron chi connectivity index (χ4n) is 2.83. The summed E-state index contributed by atoms with van der Waals surface area (Å²) in [6.45, 7) is 0. The van der Waals surface area contributed by atoms with E-state index < -0.39 is 11.9 Å². The standard InChI is InChI=1S/C16H15ClN2O2/c17-11-4-5-14(18)13(7-11)10-6-9-2-1-3-12(16(20)21)15(9)19-8-10/h4-8,12H,1-3,18H2,(H,20,21). The van der Waals surface area contributed by atoms with Gasteiger partial charge >= 0.3 is 5.97 Å². The molecule has 3 N–H and O–H groups in total. The van der Waals surface area contributed by atoms with Crippen LogP contribution in [0.1, 0.15) is 30.0 Å². The molecule has 0 fully saturated rings. The number of pyridine rings is 1. The second-order valence-electron chi connectivity index (χ2n) is 5.28. The molecule has 108 valence electrons. The zero-order valence-corrected chi connectivity index (χ0v) is 12.1. The number of hydrogen-bond acceptors (Lipinski definition) is 3. The van der Waals surface area contributed by atoms with Crippen molar-refractivity contribution in [2.75, 3.05) is 5.73 Å². The third kappa shape index (κ3) is 2.59. The molecule has 5 heteroatoms. The van der Waals surface area contributed by atoms with E-state index in [-0.39, 0.29) is 0 Å². The van der Waals surface area contributed by atoms with Gasteiger partial charge in [0.05, 0.1) is 11.6 Å². The van der Waals surface area contributed by atoms with Crippen LogP contribution in [-0.4, -0.2) is 16.1 Å². The first-order valence-electron chi connectivity index (χ1n) is 6.83. The predicted octanol–water partition coefficient (Wildman–Crippen LogP) is 3.49. The Morgan fingerprint density at radius 1 is 1.38 bits per heavy atom. The number of carboxylic acids is 1. The minimum atomic E-state index is -0.807. The van der Waals surface area contributed by atoms with E-state index in [1.807, 2.05) is 6.07 Å². The topological polar surface area (TPSA) is 76.2 Å². The van der Waals surface area contributed by atoms with Crippen LogP contribution in [-0.2, 0) is 11.2 Å². The Bertz CT molecular complexity index is 715. The Labute approximate surface area is 127 Å². The summed E-state index contributed by atoms with van der Waals surface area (Å²) in [6, 6.07) is 7.29. The molecule has 1 aromatic heterocycles. The molecule has 21 heavy (non-hydrogen) atoms. The van der Waals surface area contributed by atoms with Crippen molar-refractivity contribution in [2.45, 2.75) is 25.2 Å². The maximum atomic E-state index is 11.3. The molecule has 4 nitrogen and oxygen atoms in total. The van der Waals surface area contributed by atoms with Crippen molar-refractivity contribution in [3.05, 3.63) is 46.7 Å². The first-order valence-corrected chi connectivity index (χ1v) is 7.21. The van der Waals surface area contributed by atoms with Crippen molar-refractivity contribution in [3.8, 4) is 11.1 Å². The highest BCUT2D eigenvalue weighted by Gasteiger charge is 2.27. The molecule has 1 heterocycles. The number of benzene rings is 1. The highest BCUT2D eigenvalue weighted by atomic mass is 35.5. The van der Waals surface area contributed by atoms with Gasteiger partial charge in [0.25, 0.3) is 0 Å². The smallest absolute Gasteiger partial charge is 0.312 e. The lowest BCUT2D eigenvalue weighted by Gasteiger charge is -2.22. The summed E-state index contributed by atoms with van der Waals surface area (Å²) >= 11 is 6.02. The zero-order chi connectivity index (χ0) is 15.0. The van der Waals surface area contributed by atoms with E-state index in [4.69, 9.17) is 17.3 Å². The Hall–Kier alpha value is -2.07. The number of carboxylic acid groups (broad SMARTS) is 1. The molecule has 0 saturated heterocycles. The molecule has 0 spiro atoms. The van der Waals surface area contributed by atoms with E-state index >= 15 is 0 Å². The van der Waals surface area contributed by atoms with Crippen molar-refractivity contribution < 1.29 is 9.90 Å². The van der Waals surface area contributed by atoms with Crippen molar-refractivity contribution in [3.63, 3.8) is 0 Å². The van der Waals surface area contributed by atoms with Gasteiger partial charge in [0.15, 0.2) is 0 Å². The number of anilines is 1. The molecular formula is C16H15ClN2O2. The van der Waals surface area contributed by atoms with E-state index in [0.29, 0.717) is 22.8 Å². The summed E-state index contributed by atoms with van der Waals surface area (Å²) in [5.74, 6) is -1.31. The zero-order valence-electron chi connectivity index (χ0n) is 11.3. The maximum Gasteiger partial charge on any atom is 0.312 e. The molecule has 1 aliphatic carbocycles. The van der Waals surface area contributed by atoms with Crippen molar-refractivity contribution >= 4 is 23.3 Å². The number of halogens is 1. The van der Waals surface area contributed by atoms with Crippen LogP contribution in [0.25, 0.3) is 11.1 Å². The Morgan fingerprint density at radius 2 is 2.19 bits per heavy atom. The van der Waals surface area contributed by atoms with Crippen LogP contribution >= 0.6 is 11.6 Å². The number of rotatable bonds is 2. The van der Waals surface area contributed by atoms with E-state index in [0.717, 1.165) is 29.5 Å². The van der Waals surface area contributed by atoms with Crippen LogP contribution in [0.5, 0.6) is 0 Å². The number of aliphatic carboxylic acids is 1. The first kappa shape index (κ1) is 13.9. The van der Waals surface area contributed by atoms with Crippen LogP contribution in [0.2, 0.25) is 5.02 Å². The van der Waals surface area contributed by atoms with Crippen LogP contribution in [0.3, 0.4) is 0 Å². The van der Waals surface area contributed by atoms with Gasteiger partial charge in [-0.2, -0.15) is 0 Å². The molecule has 2 aromatic rings. The van der Waals surface area contributed by atoms with Crippen molar-refractivity contribution in [2.24, 2.45) is 0 Å². The molecule has 1 aliphatic rings. The lowest BCUT2D eigenvalue weighted by molar-refractivity contribution is -0.139. The highest BCUT2D eigenvalue weighted by Crippen LogP contribution is 2.34. The van der Waals surface area contributed by atoms with Gasteiger partial charge in [-0.05, 0) is 49.1 Å². The third-order valence-electron chi connectivity index (χ3n) is 3.89. The summed E-state index contributed by atoms with van der Waals surface area (Å²) in [6.07, 6.45) is 4.04. The monoisotopic (exact) mass is 302 g/mol. The average molecular weight is 303 g/mol. The first-order chi connectivity index (χ1) is 10.1. The van der Waals surface area contributed by atoms with Gasteiger partial charge in [-0.25, -0.2) is 0 Å². The molecule has 0 radical (unpaired) electrons. The highest BCUT2D eigenvalue weighted by molar-refractivity contribution is 6.31. The van der Waals surface area contributed by atoms with Crippen molar-refractivity contribution in [1.29, 1.82) is 0 Å². The minimum Gasteiger partial charge on any atom is -0.481 e. The Balaban J connectivity index is 2.07. The Kier molecular flexibility index (Phi) is 3.55. The number of nitrogens with two attached hydrogens (primary N) is 1. The largest absolute Gasteiger partial charge is 0.481 e. The number of nitrogens with zero attached hydrogens (tertiary/aromatic N) is 1. The van der Waals surface area contributed by atoms with E-state index in [2.05, 4.69) is 4.98 Å². The molecule has 3 rings (SSSR count). The van der Waals surface area contributed by atoms with Crippen LogP contribution in [0.15, 0.2) is 30.5 Å². The van der Waals surface area contributed by atoms with Gasteiger partial charge in [0, 0.05) is 28.0 Å².